The van der Waals surface area contributed by atoms with Crippen LogP contribution in [-0.4, -0.2) is 20.9 Å². The van der Waals surface area contributed by atoms with E-state index in [2.05, 4.69) is 9.97 Å². The van der Waals surface area contributed by atoms with Gasteiger partial charge in [0.25, 0.3) is 0 Å². The van der Waals surface area contributed by atoms with Gasteiger partial charge in [-0.05, 0) is 60.5 Å². The highest BCUT2D eigenvalue weighted by Crippen LogP contribution is 2.27. The maximum absolute atomic E-state index is 11.2. The molecule has 0 aliphatic heterocycles. The second-order valence-corrected chi connectivity index (χ2v) is 6.48. The van der Waals surface area contributed by atoms with Gasteiger partial charge in [-0.2, -0.15) is 0 Å². The fourth-order valence-corrected chi connectivity index (χ4v) is 3.04. The van der Waals surface area contributed by atoms with Crippen molar-refractivity contribution in [3.8, 4) is 23.0 Å². The Bertz CT molecular complexity index is 1140. The molecular formula is C22H18N4O2. The Kier molecular flexibility index (Phi) is 4.68. The molecule has 2 N–H and O–H groups in total. The van der Waals surface area contributed by atoms with E-state index in [9.17, 15) is 4.79 Å². The summed E-state index contributed by atoms with van der Waals surface area (Å²) >= 11 is 0. The third kappa shape index (κ3) is 3.81. The van der Waals surface area contributed by atoms with E-state index < -0.39 is 0 Å². The first-order valence-corrected chi connectivity index (χ1v) is 8.82. The lowest BCUT2D eigenvalue weighted by Gasteiger charge is -2.09. The summed E-state index contributed by atoms with van der Waals surface area (Å²) in [5.74, 6) is 0.293. The summed E-state index contributed by atoms with van der Waals surface area (Å²) in [6, 6.07) is 17.5. The number of aromatic nitrogens is 3. The Morgan fingerprint density at radius 3 is 2.50 bits per heavy atom. The van der Waals surface area contributed by atoms with E-state index in [0.717, 1.165) is 33.3 Å². The molecule has 0 unspecified atom stereocenters. The smallest absolute Gasteiger partial charge is 0.321 e. The number of carbonyl (C=O) groups is 1. The first kappa shape index (κ1) is 17.6. The molecule has 0 saturated carbocycles. The van der Waals surface area contributed by atoms with Crippen molar-refractivity contribution in [1.82, 2.24) is 15.0 Å². The third-order valence-corrected chi connectivity index (χ3v) is 4.36. The molecule has 4 aromatic rings. The van der Waals surface area contributed by atoms with Crippen LogP contribution < -0.4 is 10.5 Å². The van der Waals surface area contributed by atoms with Gasteiger partial charge in [0.1, 0.15) is 5.75 Å². The van der Waals surface area contributed by atoms with Gasteiger partial charge in [-0.3, -0.25) is 4.79 Å². The van der Waals surface area contributed by atoms with Gasteiger partial charge in [0.15, 0.2) is 0 Å². The highest BCUT2D eigenvalue weighted by Gasteiger charge is 2.08. The molecule has 0 aliphatic carbocycles. The Labute approximate surface area is 162 Å². The number of nitrogens with zero attached hydrogens (tertiary/aromatic N) is 3. The van der Waals surface area contributed by atoms with Crippen molar-refractivity contribution in [3.63, 3.8) is 0 Å². The van der Waals surface area contributed by atoms with Gasteiger partial charge in [-0.25, -0.2) is 15.0 Å². The molecule has 0 spiro atoms. The fraction of sp³-hybridized carbons (Fsp3) is 0.0909. The van der Waals surface area contributed by atoms with Gasteiger partial charge in [-0.15, -0.1) is 0 Å². The second kappa shape index (κ2) is 7.44. The molecule has 28 heavy (non-hydrogen) atoms. The summed E-state index contributed by atoms with van der Waals surface area (Å²) in [6.07, 6.45) is 3.46. The first-order valence-electron chi connectivity index (χ1n) is 8.82. The summed E-state index contributed by atoms with van der Waals surface area (Å²) in [6.45, 7) is 2.05. The molecule has 0 saturated heterocycles. The molecule has 138 valence electrons. The van der Waals surface area contributed by atoms with Crippen LogP contribution in [0.15, 0.2) is 67.0 Å². The summed E-state index contributed by atoms with van der Waals surface area (Å²) in [5, 5.41) is 1.05. The van der Waals surface area contributed by atoms with Crippen LogP contribution in [0.1, 0.15) is 11.1 Å². The quantitative estimate of drug-likeness (QED) is 0.577. The monoisotopic (exact) mass is 370 g/mol. The molecule has 0 radical (unpaired) electrons. The number of primary amides is 1. The fourth-order valence-electron chi connectivity index (χ4n) is 3.04. The number of nitrogens with two attached hydrogens (primary N) is 1. The van der Waals surface area contributed by atoms with Crippen molar-refractivity contribution in [1.29, 1.82) is 0 Å². The standard InChI is InChI=1S/C22H18N4O2/c1-14-11-19(26-20-12-15(13-21(23)27)3-8-18(14)20)16-4-6-17(7-5-16)28-22-24-9-2-10-25-22/h2-12H,13H2,1H3,(H2,23,27). The largest absolute Gasteiger partial charge is 0.424 e. The predicted octanol–water partition coefficient (Wildman–Crippen LogP) is 3.82. The highest BCUT2D eigenvalue weighted by atomic mass is 16.5. The topological polar surface area (TPSA) is 91.0 Å². The van der Waals surface area contributed by atoms with Crippen LogP contribution in [0.5, 0.6) is 11.8 Å². The zero-order chi connectivity index (χ0) is 19.5. The Hall–Kier alpha value is -3.80. The minimum absolute atomic E-state index is 0.203. The molecule has 1 amide bonds. The third-order valence-electron chi connectivity index (χ3n) is 4.36. The van der Waals surface area contributed by atoms with E-state index in [1.54, 1.807) is 18.5 Å². The van der Waals surface area contributed by atoms with E-state index in [0.29, 0.717) is 11.8 Å². The second-order valence-electron chi connectivity index (χ2n) is 6.48. The summed E-state index contributed by atoms with van der Waals surface area (Å²) in [7, 11) is 0. The molecule has 6 heteroatoms. The number of aryl methyl sites for hydroxylation is 1. The molecule has 2 aromatic heterocycles. The van der Waals surface area contributed by atoms with Gasteiger partial charge in [0.2, 0.25) is 5.91 Å². The summed E-state index contributed by atoms with van der Waals surface area (Å²) in [4.78, 5) is 24.1. The maximum atomic E-state index is 11.2. The molecule has 2 aromatic carbocycles. The predicted molar refractivity (Wildman–Crippen MR) is 107 cm³/mol. The van der Waals surface area contributed by atoms with Gasteiger partial charge in [0, 0.05) is 23.3 Å². The number of fused-ring (bicyclic) bond motifs is 1. The lowest BCUT2D eigenvalue weighted by Crippen LogP contribution is -2.13. The van der Waals surface area contributed by atoms with Gasteiger partial charge >= 0.3 is 6.01 Å². The minimum atomic E-state index is -0.356. The number of ether oxygens (including phenoxy) is 1. The molecule has 0 atom stereocenters. The number of benzene rings is 2. The molecule has 0 bridgehead atoms. The van der Waals surface area contributed by atoms with Crippen LogP contribution in [0.3, 0.4) is 0 Å². The summed E-state index contributed by atoms with van der Waals surface area (Å²) < 4.78 is 5.63. The van der Waals surface area contributed by atoms with Crippen molar-refractivity contribution in [2.45, 2.75) is 13.3 Å². The zero-order valence-corrected chi connectivity index (χ0v) is 15.3. The van der Waals surface area contributed by atoms with Crippen LogP contribution in [0, 0.1) is 6.92 Å². The molecule has 2 heterocycles. The number of hydrogen-bond donors (Lipinski definition) is 1. The van der Waals surface area contributed by atoms with Crippen molar-refractivity contribution in [3.05, 3.63) is 78.1 Å². The van der Waals surface area contributed by atoms with Crippen LogP contribution in [-0.2, 0) is 11.2 Å². The van der Waals surface area contributed by atoms with E-state index in [1.807, 2.05) is 55.5 Å². The number of carbonyl (C=O) groups excluding carboxylic acids is 1. The van der Waals surface area contributed by atoms with E-state index >= 15 is 0 Å². The van der Waals surface area contributed by atoms with Gasteiger partial charge in [-0.1, -0.05) is 12.1 Å². The average Bonchev–Trinajstić information content (AvgIpc) is 2.68. The van der Waals surface area contributed by atoms with Gasteiger partial charge in [0.05, 0.1) is 17.6 Å². The number of pyridine rings is 1. The van der Waals surface area contributed by atoms with Crippen molar-refractivity contribution < 1.29 is 9.53 Å². The van der Waals surface area contributed by atoms with Crippen molar-refractivity contribution in [2.75, 3.05) is 0 Å². The zero-order valence-electron chi connectivity index (χ0n) is 15.3. The lowest BCUT2D eigenvalue weighted by atomic mass is 10.0. The average molecular weight is 370 g/mol. The highest BCUT2D eigenvalue weighted by molar-refractivity contribution is 5.87. The van der Waals surface area contributed by atoms with E-state index in [4.69, 9.17) is 15.5 Å². The van der Waals surface area contributed by atoms with Gasteiger partial charge < -0.3 is 10.5 Å². The number of rotatable bonds is 5. The SMILES string of the molecule is Cc1cc(-c2ccc(Oc3ncccn3)cc2)nc2cc(CC(N)=O)ccc12. The van der Waals surface area contributed by atoms with Crippen LogP contribution in [0.2, 0.25) is 0 Å². The van der Waals surface area contributed by atoms with Crippen molar-refractivity contribution >= 4 is 16.8 Å². The normalized spacial score (nSPS) is 10.8. The lowest BCUT2D eigenvalue weighted by molar-refractivity contribution is -0.117. The van der Waals surface area contributed by atoms with Crippen LogP contribution >= 0.6 is 0 Å². The first-order chi connectivity index (χ1) is 13.6. The van der Waals surface area contributed by atoms with Crippen molar-refractivity contribution in [2.24, 2.45) is 5.73 Å². The summed E-state index contributed by atoms with van der Waals surface area (Å²) in [5.41, 5.74) is 9.93. The molecular weight excluding hydrogens is 352 g/mol. The Morgan fingerprint density at radius 1 is 1.04 bits per heavy atom. The molecule has 0 fully saturated rings. The maximum Gasteiger partial charge on any atom is 0.321 e. The van der Waals surface area contributed by atoms with E-state index in [-0.39, 0.29) is 12.3 Å². The Balaban J connectivity index is 1.65. The van der Waals surface area contributed by atoms with E-state index in [1.165, 1.54) is 0 Å². The molecule has 0 aliphatic rings. The molecule has 4 rings (SSSR count). The Morgan fingerprint density at radius 2 is 1.79 bits per heavy atom. The van der Waals surface area contributed by atoms with Crippen LogP contribution in [0.25, 0.3) is 22.2 Å². The van der Waals surface area contributed by atoms with Crippen LogP contribution in [0.4, 0.5) is 0 Å². The minimum Gasteiger partial charge on any atom is -0.424 e. The number of amides is 1. The number of hydrogen-bond acceptors (Lipinski definition) is 5. The molecule has 6 nitrogen and oxygen atoms in total.